The van der Waals surface area contributed by atoms with E-state index in [1.165, 1.54) is 25.7 Å². The van der Waals surface area contributed by atoms with Gasteiger partial charge in [-0.2, -0.15) is 0 Å². The van der Waals surface area contributed by atoms with Crippen LogP contribution in [0.3, 0.4) is 0 Å². The average molecular weight is 216 g/mol. The van der Waals surface area contributed by atoms with Crippen LogP contribution < -0.4 is 0 Å². The van der Waals surface area contributed by atoms with Crippen molar-refractivity contribution in [1.82, 2.24) is 0 Å². The van der Waals surface area contributed by atoms with E-state index in [-0.39, 0.29) is 6.10 Å². The molecule has 0 fully saturated rings. The number of hydrogen-bond donors (Lipinski definition) is 1. The lowest BCUT2D eigenvalue weighted by Gasteiger charge is -2.03. The molecular weight excluding hydrogens is 192 g/mol. The second kappa shape index (κ2) is 11.5. The summed E-state index contributed by atoms with van der Waals surface area (Å²) in [5, 5.41) is 9.03. The molecule has 1 atom stereocenters. The van der Waals surface area contributed by atoms with Crippen LogP contribution in [0.4, 0.5) is 0 Å². The van der Waals surface area contributed by atoms with E-state index in [1.807, 2.05) is 6.92 Å². The summed E-state index contributed by atoms with van der Waals surface area (Å²) in [6.45, 7) is 2.91. The summed E-state index contributed by atoms with van der Waals surface area (Å²) >= 11 is 0. The summed E-state index contributed by atoms with van der Waals surface area (Å²) < 4.78 is 4.60. The molecular formula is C12H24O3. The molecule has 0 saturated carbocycles. The zero-order chi connectivity index (χ0) is 11.4. The number of rotatable bonds is 11. The number of aliphatic hydroxyl groups excluding tert-OH is 1. The Hall–Kier alpha value is -0.570. The van der Waals surface area contributed by atoms with Crippen LogP contribution in [0.2, 0.25) is 0 Å². The Kier molecular flexibility index (Phi) is 11.1. The van der Waals surface area contributed by atoms with Crippen LogP contribution in [0.1, 0.15) is 58.3 Å². The standard InChI is InChI=1S/C12H24O3/c1-12(14)9-7-5-3-2-4-6-8-10-15-11-13/h11-12,14H,2-10H2,1H3. The highest BCUT2D eigenvalue weighted by Crippen LogP contribution is 2.09. The van der Waals surface area contributed by atoms with Gasteiger partial charge in [0.2, 0.25) is 0 Å². The van der Waals surface area contributed by atoms with Crippen LogP contribution in [0, 0.1) is 0 Å². The first-order chi connectivity index (χ1) is 7.27. The van der Waals surface area contributed by atoms with Crippen molar-refractivity contribution in [2.45, 2.75) is 64.4 Å². The van der Waals surface area contributed by atoms with Gasteiger partial charge in [0, 0.05) is 0 Å². The van der Waals surface area contributed by atoms with Crippen LogP contribution in [-0.2, 0) is 9.53 Å². The highest BCUT2D eigenvalue weighted by atomic mass is 16.5. The number of hydrogen-bond acceptors (Lipinski definition) is 3. The Balaban J connectivity index is 2.89. The fourth-order valence-electron chi connectivity index (χ4n) is 1.56. The van der Waals surface area contributed by atoms with Crippen molar-refractivity contribution in [1.29, 1.82) is 0 Å². The van der Waals surface area contributed by atoms with Crippen molar-refractivity contribution >= 4 is 6.47 Å². The first-order valence-electron chi connectivity index (χ1n) is 6.00. The third-order valence-electron chi connectivity index (χ3n) is 2.45. The van der Waals surface area contributed by atoms with Gasteiger partial charge in [0.05, 0.1) is 12.7 Å². The Morgan fingerprint density at radius 1 is 1.07 bits per heavy atom. The molecule has 0 radical (unpaired) electrons. The van der Waals surface area contributed by atoms with Gasteiger partial charge in [-0.05, 0) is 19.8 Å². The highest BCUT2D eigenvalue weighted by molar-refractivity contribution is 5.36. The lowest BCUT2D eigenvalue weighted by atomic mass is 10.1. The van der Waals surface area contributed by atoms with Gasteiger partial charge >= 0.3 is 0 Å². The van der Waals surface area contributed by atoms with Crippen molar-refractivity contribution in [3.63, 3.8) is 0 Å². The number of ether oxygens (including phenoxy) is 1. The molecule has 0 aromatic carbocycles. The molecule has 0 aromatic rings. The summed E-state index contributed by atoms with van der Waals surface area (Å²) in [5.41, 5.74) is 0. The van der Waals surface area contributed by atoms with Crippen LogP contribution in [-0.4, -0.2) is 24.3 Å². The van der Waals surface area contributed by atoms with Crippen molar-refractivity contribution in [3.8, 4) is 0 Å². The molecule has 0 aromatic heterocycles. The van der Waals surface area contributed by atoms with Crippen molar-refractivity contribution < 1.29 is 14.6 Å². The zero-order valence-electron chi connectivity index (χ0n) is 9.78. The predicted molar refractivity (Wildman–Crippen MR) is 60.6 cm³/mol. The van der Waals surface area contributed by atoms with Crippen molar-refractivity contribution in [2.75, 3.05) is 6.61 Å². The molecule has 0 rings (SSSR count). The Labute approximate surface area is 92.8 Å². The van der Waals surface area contributed by atoms with Crippen LogP contribution >= 0.6 is 0 Å². The number of carbonyl (C=O) groups is 1. The maximum atomic E-state index is 9.82. The molecule has 0 amide bonds. The van der Waals surface area contributed by atoms with Gasteiger partial charge in [-0.15, -0.1) is 0 Å². The fourth-order valence-corrected chi connectivity index (χ4v) is 1.56. The normalized spacial score (nSPS) is 12.4. The summed E-state index contributed by atoms with van der Waals surface area (Å²) in [7, 11) is 0. The quantitative estimate of drug-likeness (QED) is 0.426. The van der Waals surface area contributed by atoms with E-state index in [9.17, 15) is 4.79 Å². The zero-order valence-corrected chi connectivity index (χ0v) is 9.78. The molecule has 3 heteroatoms. The van der Waals surface area contributed by atoms with Gasteiger partial charge in [0.1, 0.15) is 0 Å². The molecule has 0 spiro atoms. The molecule has 0 heterocycles. The Morgan fingerprint density at radius 3 is 2.13 bits per heavy atom. The molecule has 1 unspecified atom stereocenters. The van der Waals surface area contributed by atoms with Gasteiger partial charge in [0.25, 0.3) is 6.47 Å². The third kappa shape index (κ3) is 13.4. The smallest absolute Gasteiger partial charge is 0.293 e. The second-order valence-electron chi connectivity index (χ2n) is 4.08. The minimum absolute atomic E-state index is 0.148. The molecule has 0 aliphatic rings. The summed E-state index contributed by atoms with van der Waals surface area (Å²) in [6.07, 6.45) is 8.97. The van der Waals surface area contributed by atoms with Gasteiger partial charge in [-0.25, -0.2) is 0 Å². The molecule has 0 bridgehead atoms. The lowest BCUT2D eigenvalue weighted by molar-refractivity contribution is -0.128. The van der Waals surface area contributed by atoms with E-state index in [4.69, 9.17) is 5.11 Å². The van der Waals surface area contributed by atoms with Gasteiger partial charge < -0.3 is 9.84 Å². The molecule has 3 nitrogen and oxygen atoms in total. The van der Waals surface area contributed by atoms with E-state index >= 15 is 0 Å². The number of aliphatic hydroxyl groups is 1. The molecule has 90 valence electrons. The monoisotopic (exact) mass is 216 g/mol. The summed E-state index contributed by atoms with van der Waals surface area (Å²) in [5.74, 6) is 0. The molecule has 1 N–H and O–H groups in total. The Bertz CT molecular complexity index is 135. The SMILES string of the molecule is CC(O)CCCCCCCCCOC=O. The van der Waals surface area contributed by atoms with Crippen molar-refractivity contribution in [3.05, 3.63) is 0 Å². The van der Waals surface area contributed by atoms with Crippen LogP contribution in [0.5, 0.6) is 0 Å². The van der Waals surface area contributed by atoms with Crippen molar-refractivity contribution in [2.24, 2.45) is 0 Å². The number of carbonyl (C=O) groups excluding carboxylic acids is 1. The topological polar surface area (TPSA) is 46.5 Å². The predicted octanol–water partition coefficient (Wildman–Crippen LogP) is 2.66. The largest absolute Gasteiger partial charge is 0.468 e. The van der Waals surface area contributed by atoms with E-state index in [0.29, 0.717) is 13.1 Å². The highest BCUT2D eigenvalue weighted by Gasteiger charge is 1.95. The summed E-state index contributed by atoms with van der Waals surface area (Å²) in [4.78, 5) is 9.82. The molecule has 0 aliphatic carbocycles. The molecule has 15 heavy (non-hydrogen) atoms. The maximum Gasteiger partial charge on any atom is 0.293 e. The first-order valence-corrected chi connectivity index (χ1v) is 6.00. The Morgan fingerprint density at radius 2 is 1.60 bits per heavy atom. The minimum Gasteiger partial charge on any atom is -0.468 e. The van der Waals surface area contributed by atoms with Gasteiger partial charge in [-0.1, -0.05) is 38.5 Å². The molecule has 0 saturated heterocycles. The van der Waals surface area contributed by atoms with E-state index in [1.54, 1.807) is 0 Å². The summed E-state index contributed by atoms with van der Waals surface area (Å²) in [6, 6.07) is 0. The van der Waals surface area contributed by atoms with E-state index < -0.39 is 0 Å². The minimum atomic E-state index is -0.148. The maximum absolute atomic E-state index is 9.82. The number of unbranched alkanes of at least 4 members (excludes halogenated alkanes) is 6. The molecule has 0 aliphatic heterocycles. The van der Waals surface area contributed by atoms with Gasteiger partial charge in [0.15, 0.2) is 0 Å². The first kappa shape index (κ1) is 14.4. The van der Waals surface area contributed by atoms with E-state index in [0.717, 1.165) is 25.7 Å². The van der Waals surface area contributed by atoms with E-state index in [2.05, 4.69) is 4.74 Å². The third-order valence-corrected chi connectivity index (χ3v) is 2.45. The average Bonchev–Trinajstić information content (AvgIpc) is 2.20. The second-order valence-corrected chi connectivity index (χ2v) is 4.08. The van der Waals surface area contributed by atoms with Gasteiger partial charge in [-0.3, -0.25) is 4.79 Å². The lowest BCUT2D eigenvalue weighted by Crippen LogP contribution is -1.98. The van der Waals surface area contributed by atoms with Crippen LogP contribution in [0.25, 0.3) is 0 Å². The fraction of sp³-hybridized carbons (Fsp3) is 0.917. The van der Waals surface area contributed by atoms with Crippen LogP contribution in [0.15, 0.2) is 0 Å².